The molecule has 0 saturated carbocycles. The van der Waals surface area contributed by atoms with Gasteiger partial charge in [0.2, 0.25) is 0 Å². The fraction of sp³-hybridized carbons (Fsp3) is 0.500. The molecule has 0 atom stereocenters. The number of thiazole rings is 1. The molecular weight excluding hydrogens is 188 g/mol. The SMILES string of the molecule is CC.CCOC(=O)c1cnc(N)s1. The van der Waals surface area contributed by atoms with Crippen LogP contribution in [-0.4, -0.2) is 17.6 Å². The molecule has 1 heterocycles. The predicted octanol–water partition coefficient (Wildman–Crippen LogP) is 1.93. The summed E-state index contributed by atoms with van der Waals surface area (Å²) in [7, 11) is 0. The van der Waals surface area contributed by atoms with Crippen molar-refractivity contribution in [2.45, 2.75) is 20.8 Å². The molecule has 0 fully saturated rings. The average molecular weight is 202 g/mol. The Labute approximate surface area is 81.7 Å². The van der Waals surface area contributed by atoms with Crippen LogP contribution >= 0.6 is 11.3 Å². The van der Waals surface area contributed by atoms with Crippen molar-refractivity contribution < 1.29 is 9.53 Å². The van der Waals surface area contributed by atoms with Crippen molar-refractivity contribution in [1.29, 1.82) is 0 Å². The van der Waals surface area contributed by atoms with E-state index in [0.29, 0.717) is 16.6 Å². The van der Waals surface area contributed by atoms with Crippen molar-refractivity contribution in [1.82, 2.24) is 4.98 Å². The van der Waals surface area contributed by atoms with E-state index >= 15 is 0 Å². The Morgan fingerprint density at radius 1 is 1.69 bits per heavy atom. The number of carbonyl (C=O) groups excluding carboxylic acids is 1. The highest BCUT2D eigenvalue weighted by Crippen LogP contribution is 2.14. The van der Waals surface area contributed by atoms with E-state index in [1.165, 1.54) is 6.20 Å². The Morgan fingerprint density at radius 2 is 2.31 bits per heavy atom. The summed E-state index contributed by atoms with van der Waals surface area (Å²) in [6, 6.07) is 0. The number of nitrogen functional groups attached to an aromatic ring is 1. The van der Waals surface area contributed by atoms with Gasteiger partial charge in [-0.1, -0.05) is 25.2 Å². The molecule has 0 aliphatic carbocycles. The number of anilines is 1. The normalized spacial score (nSPS) is 8.54. The minimum Gasteiger partial charge on any atom is -0.462 e. The van der Waals surface area contributed by atoms with E-state index in [2.05, 4.69) is 4.98 Å². The van der Waals surface area contributed by atoms with Gasteiger partial charge in [-0.25, -0.2) is 9.78 Å². The molecule has 4 nitrogen and oxygen atoms in total. The maximum Gasteiger partial charge on any atom is 0.350 e. The van der Waals surface area contributed by atoms with Crippen LogP contribution in [0.2, 0.25) is 0 Å². The van der Waals surface area contributed by atoms with E-state index < -0.39 is 0 Å². The van der Waals surface area contributed by atoms with Crippen LogP contribution in [0.4, 0.5) is 5.13 Å². The topological polar surface area (TPSA) is 65.2 Å². The smallest absolute Gasteiger partial charge is 0.350 e. The second kappa shape index (κ2) is 6.42. The van der Waals surface area contributed by atoms with Gasteiger partial charge in [-0.3, -0.25) is 0 Å². The zero-order valence-corrected chi connectivity index (χ0v) is 8.85. The zero-order valence-electron chi connectivity index (χ0n) is 8.03. The highest BCUT2D eigenvalue weighted by atomic mass is 32.1. The van der Waals surface area contributed by atoms with Gasteiger partial charge in [0.1, 0.15) is 4.88 Å². The summed E-state index contributed by atoms with van der Waals surface area (Å²) in [5.74, 6) is -0.360. The molecule has 0 unspecified atom stereocenters. The molecule has 0 aliphatic rings. The number of hydrogen-bond donors (Lipinski definition) is 1. The quantitative estimate of drug-likeness (QED) is 0.744. The minimum absolute atomic E-state index is 0.360. The van der Waals surface area contributed by atoms with Crippen LogP contribution in [0.5, 0.6) is 0 Å². The van der Waals surface area contributed by atoms with Crippen molar-refractivity contribution >= 4 is 22.4 Å². The van der Waals surface area contributed by atoms with Gasteiger partial charge >= 0.3 is 5.97 Å². The van der Waals surface area contributed by atoms with E-state index in [9.17, 15) is 4.79 Å². The number of nitrogens with zero attached hydrogens (tertiary/aromatic N) is 1. The molecule has 74 valence electrons. The fourth-order valence-electron chi connectivity index (χ4n) is 0.584. The van der Waals surface area contributed by atoms with Crippen molar-refractivity contribution in [3.8, 4) is 0 Å². The van der Waals surface area contributed by atoms with Gasteiger partial charge in [0.05, 0.1) is 12.8 Å². The van der Waals surface area contributed by atoms with Crippen LogP contribution in [0, 0.1) is 0 Å². The maximum absolute atomic E-state index is 11.0. The molecule has 0 bridgehead atoms. The van der Waals surface area contributed by atoms with Crippen molar-refractivity contribution in [2.75, 3.05) is 12.3 Å². The third-order valence-electron chi connectivity index (χ3n) is 1.00. The largest absolute Gasteiger partial charge is 0.462 e. The van der Waals surface area contributed by atoms with Crippen LogP contribution in [0.25, 0.3) is 0 Å². The molecule has 0 aromatic carbocycles. The number of rotatable bonds is 2. The molecule has 5 heteroatoms. The van der Waals surface area contributed by atoms with Crippen molar-refractivity contribution in [3.63, 3.8) is 0 Å². The standard InChI is InChI=1S/C6H8N2O2S.C2H6/c1-2-10-5(9)4-3-8-6(7)11-4;1-2/h3H,2H2,1H3,(H2,7,8);1-2H3. The van der Waals surface area contributed by atoms with Crippen molar-refractivity contribution in [3.05, 3.63) is 11.1 Å². The predicted molar refractivity (Wildman–Crippen MR) is 53.8 cm³/mol. The van der Waals surface area contributed by atoms with Crippen molar-refractivity contribution in [2.24, 2.45) is 0 Å². The first-order chi connectivity index (χ1) is 6.24. The average Bonchev–Trinajstić information content (AvgIpc) is 2.56. The molecule has 0 amide bonds. The number of aromatic nitrogens is 1. The first-order valence-corrected chi connectivity index (χ1v) is 4.94. The third-order valence-corrected chi connectivity index (χ3v) is 1.81. The van der Waals surface area contributed by atoms with Gasteiger partial charge in [0.25, 0.3) is 0 Å². The van der Waals surface area contributed by atoms with E-state index in [0.717, 1.165) is 11.3 Å². The first kappa shape index (κ1) is 11.9. The van der Waals surface area contributed by atoms with E-state index in [1.54, 1.807) is 6.92 Å². The van der Waals surface area contributed by atoms with E-state index in [1.807, 2.05) is 13.8 Å². The third kappa shape index (κ3) is 3.89. The van der Waals surface area contributed by atoms with Gasteiger partial charge in [0, 0.05) is 0 Å². The lowest BCUT2D eigenvalue weighted by Gasteiger charge is -1.95. The second-order valence-electron chi connectivity index (χ2n) is 1.78. The second-order valence-corrected chi connectivity index (χ2v) is 2.85. The zero-order chi connectivity index (χ0) is 10.3. The fourth-order valence-corrected chi connectivity index (χ4v) is 1.16. The number of ether oxygens (including phenoxy) is 1. The Morgan fingerprint density at radius 3 is 2.69 bits per heavy atom. The van der Waals surface area contributed by atoms with E-state index in [-0.39, 0.29) is 5.97 Å². The lowest BCUT2D eigenvalue weighted by Crippen LogP contribution is -2.01. The summed E-state index contributed by atoms with van der Waals surface area (Å²) in [4.78, 5) is 15.1. The summed E-state index contributed by atoms with van der Waals surface area (Å²) >= 11 is 1.13. The van der Waals surface area contributed by atoms with Crippen LogP contribution in [0.3, 0.4) is 0 Å². The first-order valence-electron chi connectivity index (χ1n) is 4.12. The molecule has 2 N–H and O–H groups in total. The molecular formula is C8H14N2O2S. The number of esters is 1. The van der Waals surface area contributed by atoms with Gasteiger partial charge in [0.15, 0.2) is 5.13 Å². The Kier molecular flexibility index (Phi) is 5.88. The Hall–Kier alpha value is -1.10. The number of carbonyl (C=O) groups is 1. The van der Waals surface area contributed by atoms with Gasteiger partial charge < -0.3 is 10.5 Å². The monoisotopic (exact) mass is 202 g/mol. The molecule has 13 heavy (non-hydrogen) atoms. The molecule has 0 aliphatic heterocycles. The van der Waals surface area contributed by atoms with Gasteiger partial charge in [-0.05, 0) is 6.92 Å². The number of hydrogen-bond acceptors (Lipinski definition) is 5. The van der Waals surface area contributed by atoms with Crippen LogP contribution < -0.4 is 5.73 Å². The Balaban J connectivity index is 0.000000671. The van der Waals surface area contributed by atoms with Gasteiger partial charge in [-0.2, -0.15) is 0 Å². The van der Waals surface area contributed by atoms with Crippen LogP contribution in [0.15, 0.2) is 6.20 Å². The maximum atomic E-state index is 11.0. The number of nitrogens with two attached hydrogens (primary N) is 1. The summed E-state index contributed by atoms with van der Waals surface area (Å²) in [6.45, 7) is 6.12. The molecule has 0 spiro atoms. The summed E-state index contributed by atoms with van der Waals surface area (Å²) in [5, 5.41) is 0.382. The molecule has 0 saturated heterocycles. The molecule has 0 radical (unpaired) electrons. The molecule has 1 rings (SSSR count). The highest BCUT2D eigenvalue weighted by molar-refractivity contribution is 7.17. The summed E-state index contributed by atoms with van der Waals surface area (Å²) in [6.07, 6.45) is 1.41. The van der Waals surface area contributed by atoms with Crippen LogP contribution in [-0.2, 0) is 4.74 Å². The summed E-state index contributed by atoms with van der Waals surface area (Å²) in [5.41, 5.74) is 5.31. The van der Waals surface area contributed by atoms with Crippen LogP contribution in [0.1, 0.15) is 30.4 Å². The Bertz CT molecular complexity index is 260. The minimum atomic E-state index is -0.360. The highest BCUT2D eigenvalue weighted by Gasteiger charge is 2.08. The lowest BCUT2D eigenvalue weighted by atomic mass is 10.6. The lowest BCUT2D eigenvalue weighted by molar-refractivity contribution is 0.0532. The van der Waals surface area contributed by atoms with Gasteiger partial charge in [-0.15, -0.1) is 0 Å². The molecule has 1 aromatic heterocycles. The summed E-state index contributed by atoms with van der Waals surface area (Å²) < 4.78 is 4.72. The molecule has 1 aromatic rings. The van der Waals surface area contributed by atoms with E-state index in [4.69, 9.17) is 10.5 Å².